The molecule has 0 aliphatic rings. The predicted molar refractivity (Wildman–Crippen MR) is 65.4 cm³/mol. The number of rotatable bonds is 4. The summed E-state index contributed by atoms with van der Waals surface area (Å²) < 4.78 is 0. The SMILES string of the molecule is CC(CBr)C(C)c1ccc(O)c(CO)c1. The molecule has 0 saturated carbocycles. The monoisotopic (exact) mass is 272 g/mol. The zero-order valence-electron chi connectivity index (χ0n) is 9.07. The minimum atomic E-state index is -0.116. The molecule has 2 nitrogen and oxygen atoms in total. The molecule has 0 aliphatic heterocycles. The van der Waals surface area contributed by atoms with Gasteiger partial charge in [0.15, 0.2) is 0 Å². The second kappa shape index (κ2) is 5.52. The minimum Gasteiger partial charge on any atom is -0.508 e. The van der Waals surface area contributed by atoms with Crippen LogP contribution in [0.15, 0.2) is 18.2 Å². The molecular formula is C12H17BrO2. The van der Waals surface area contributed by atoms with E-state index in [1.807, 2.05) is 12.1 Å². The Labute approximate surface area is 99.1 Å². The molecule has 1 aromatic carbocycles. The predicted octanol–water partition coefficient (Wildman–Crippen LogP) is 3.02. The molecule has 3 heteroatoms. The average Bonchev–Trinajstić information content (AvgIpc) is 2.27. The van der Waals surface area contributed by atoms with Crippen LogP contribution in [0.3, 0.4) is 0 Å². The Morgan fingerprint density at radius 3 is 2.53 bits per heavy atom. The van der Waals surface area contributed by atoms with Gasteiger partial charge in [-0.25, -0.2) is 0 Å². The normalized spacial score (nSPS) is 14.9. The van der Waals surface area contributed by atoms with Crippen molar-refractivity contribution in [3.05, 3.63) is 29.3 Å². The Morgan fingerprint density at radius 2 is 2.00 bits per heavy atom. The molecule has 0 aromatic heterocycles. The third kappa shape index (κ3) is 2.95. The van der Waals surface area contributed by atoms with Gasteiger partial charge in [-0.1, -0.05) is 35.8 Å². The standard InChI is InChI=1S/C12H17BrO2/c1-8(6-13)9(2)10-3-4-12(15)11(5-10)7-14/h3-5,8-9,14-15H,6-7H2,1-2H3. The van der Waals surface area contributed by atoms with Crippen LogP contribution in [0.2, 0.25) is 0 Å². The lowest BCUT2D eigenvalue weighted by molar-refractivity contribution is 0.275. The maximum Gasteiger partial charge on any atom is 0.121 e. The lowest BCUT2D eigenvalue weighted by atomic mass is 9.89. The number of hydrogen-bond donors (Lipinski definition) is 2. The molecule has 2 atom stereocenters. The summed E-state index contributed by atoms with van der Waals surface area (Å²) in [4.78, 5) is 0. The van der Waals surface area contributed by atoms with Crippen LogP contribution < -0.4 is 0 Å². The van der Waals surface area contributed by atoms with Crippen LogP contribution in [0.1, 0.15) is 30.9 Å². The van der Waals surface area contributed by atoms with E-state index in [9.17, 15) is 5.11 Å². The van der Waals surface area contributed by atoms with Crippen LogP contribution in [0.4, 0.5) is 0 Å². The third-order valence-electron chi connectivity index (χ3n) is 2.90. The highest BCUT2D eigenvalue weighted by molar-refractivity contribution is 9.09. The van der Waals surface area contributed by atoms with Crippen LogP contribution in [-0.4, -0.2) is 15.5 Å². The molecule has 15 heavy (non-hydrogen) atoms. The molecule has 1 aromatic rings. The molecule has 0 bridgehead atoms. The zero-order valence-corrected chi connectivity index (χ0v) is 10.7. The van der Waals surface area contributed by atoms with Gasteiger partial charge in [0.2, 0.25) is 0 Å². The number of aliphatic hydroxyl groups is 1. The van der Waals surface area contributed by atoms with Crippen molar-refractivity contribution in [3.8, 4) is 5.75 Å². The highest BCUT2D eigenvalue weighted by atomic mass is 79.9. The van der Waals surface area contributed by atoms with Gasteiger partial charge in [-0.2, -0.15) is 0 Å². The van der Waals surface area contributed by atoms with Gasteiger partial charge < -0.3 is 10.2 Å². The number of aromatic hydroxyl groups is 1. The van der Waals surface area contributed by atoms with Crippen molar-refractivity contribution in [2.24, 2.45) is 5.92 Å². The fourth-order valence-electron chi connectivity index (χ4n) is 1.48. The Kier molecular flexibility index (Phi) is 4.61. The number of phenols is 1. The number of hydrogen-bond acceptors (Lipinski definition) is 2. The van der Waals surface area contributed by atoms with Crippen molar-refractivity contribution in [2.45, 2.75) is 26.4 Å². The second-order valence-electron chi connectivity index (χ2n) is 3.97. The summed E-state index contributed by atoms with van der Waals surface area (Å²) in [7, 11) is 0. The van der Waals surface area contributed by atoms with Crippen molar-refractivity contribution < 1.29 is 10.2 Å². The van der Waals surface area contributed by atoms with Crippen molar-refractivity contribution in [2.75, 3.05) is 5.33 Å². The van der Waals surface area contributed by atoms with E-state index in [0.29, 0.717) is 17.4 Å². The Hall–Kier alpha value is -0.540. The van der Waals surface area contributed by atoms with E-state index in [4.69, 9.17) is 5.11 Å². The zero-order chi connectivity index (χ0) is 11.4. The van der Waals surface area contributed by atoms with E-state index in [1.54, 1.807) is 6.07 Å². The highest BCUT2D eigenvalue weighted by Crippen LogP contribution is 2.28. The fourth-order valence-corrected chi connectivity index (χ4v) is 2.04. The van der Waals surface area contributed by atoms with E-state index in [1.165, 1.54) is 0 Å². The fraction of sp³-hybridized carbons (Fsp3) is 0.500. The summed E-state index contributed by atoms with van der Waals surface area (Å²) in [5, 5.41) is 19.4. The first kappa shape index (κ1) is 12.5. The van der Waals surface area contributed by atoms with E-state index >= 15 is 0 Å². The minimum absolute atomic E-state index is 0.116. The van der Waals surface area contributed by atoms with Crippen molar-refractivity contribution in [1.29, 1.82) is 0 Å². The molecule has 2 N–H and O–H groups in total. The van der Waals surface area contributed by atoms with Gasteiger partial charge in [-0.3, -0.25) is 0 Å². The molecule has 0 aliphatic carbocycles. The van der Waals surface area contributed by atoms with Crippen LogP contribution in [0, 0.1) is 5.92 Å². The molecule has 0 spiro atoms. The van der Waals surface area contributed by atoms with Gasteiger partial charge >= 0.3 is 0 Å². The van der Waals surface area contributed by atoms with Gasteiger partial charge in [-0.05, 0) is 29.5 Å². The smallest absolute Gasteiger partial charge is 0.121 e. The largest absolute Gasteiger partial charge is 0.508 e. The third-order valence-corrected chi connectivity index (χ3v) is 3.92. The van der Waals surface area contributed by atoms with Crippen molar-refractivity contribution in [1.82, 2.24) is 0 Å². The van der Waals surface area contributed by atoms with Crippen molar-refractivity contribution >= 4 is 15.9 Å². The average molecular weight is 273 g/mol. The van der Waals surface area contributed by atoms with Crippen molar-refractivity contribution in [3.63, 3.8) is 0 Å². The molecule has 0 saturated heterocycles. The Balaban J connectivity index is 2.95. The summed E-state index contributed by atoms with van der Waals surface area (Å²) in [6.45, 7) is 4.21. The van der Waals surface area contributed by atoms with E-state index in [2.05, 4.69) is 29.8 Å². The molecule has 0 heterocycles. The highest BCUT2D eigenvalue weighted by Gasteiger charge is 2.14. The van der Waals surface area contributed by atoms with Gasteiger partial charge in [0.1, 0.15) is 5.75 Å². The van der Waals surface area contributed by atoms with Gasteiger partial charge in [0, 0.05) is 10.9 Å². The van der Waals surface area contributed by atoms with E-state index in [-0.39, 0.29) is 12.4 Å². The molecule has 1 rings (SSSR count). The number of aliphatic hydroxyl groups excluding tert-OH is 1. The first-order valence-corrected chi connectivity index (χ1v) is 6.21. The lowest BCUT2D eigenvalue weighted by Crippen LogP contribution is -2.07. The van der Waals surface area contributed by atoms with Crippen LogP contribution >= 0.6 is 15.9 Å². The molecule has 2 unspecified atom stereocenters. The molecule has 84 valence electrons. The maximum absolute atomic E-state index is 9.44. The van der Waals surface area contributed by atoms with Crippen LogP contribution in [0.5, 0.6) is 5.75 Å². The van der Waals surface area contributed by atoms with Crippen LogP contribution in [-0.2, 0) is 6.61 Å². The molecular weight excluding hydrogens is 256 g/mol. The topological polar surface area (TPSA) is 40.5 Å². The maximum atomic E-state index is 9.44. The summed E-state index contributed by atoms with van der Waals surface area (Å²) in [6, 6.07) is 5.44. The van der Waals surface area contributed by atoms with Gasteiger partial charge in [-0.15, -0.1) is 0 Å². The number of halogens is 1. The van der Waals surface area contributed by atoms with E-state index < -0.39 is 0 Å². The van der Waals surface area contributed by atoms with Gasteiger partial charge in [0.25, 0.3) is 0 Å². The lowest BCUT2D eigenvalue weighted by Gasteiger charge is -2.18. The molecule has 0 radical (unpaired) electrons. The summed E-state index contributed by atoms with van der Waals surface area (Å²) in [6.07, 6.45) is 0. The second-order valence-corrected chi connectivity index (χ2v) is 4.61. The molecule has 0 fully saturated rings. The first-order valence-electron chi connectivity index (χ1n) is 5.08. The summed E-state index contributed by atoms with van der Waals surface area (Å²) >= 11 is 3.46. The summed E-state index contributed by atoms with van der Waals surface area (Å²) in [5.41, 5.74) is 1.75. The number of benzene rings is 1. The quantitative estimate of drug-likeness (QED) is 0.828. The summed E-state index contributed by atoms with van der Waals surface area (Å²) in [5.74, 6) is 1.11. The van der Waals surface area contributed by atoms with Gasteiger partial charge in [0.05, 0.1) is 6.61 Å². The molecule has 0 amide bonds. The Bertz CT molecular complexity index is 325. The first-order chi connectivity index (χ1) is 7.10. The van der Waals surface area contributed by atoms with Crippen LogP contribution in [0.25, 0.3) is 0 Å². The Morgan fingerprint density at radius 1 is 1.33 bits per heavy atom. The number of alkyl halides is 1. The van der Waals surface area contributed by atoms with E-state index in [0.717, 1.165) is 10.9 Å².